The van der Waals surface area contributed by atoms with Crippen molar-refractivity contribution in [2.75, 3.05) is 13.2 Å². The van der Waals surface area contributed by atoms with Crippen LogP contribution in [0, 0.1) is 0 Å². The number of rotatable bonds is 7. The van der Waals surface area contributed by atoms with Crippen LogP contribution in [0.3, 0.4) is 0 Å². The fourth-order valence-electron chi connectivity index (χ4n) is 2.75. The summed E-state index contributed by atoms with van der Waals surface area (Å²) < 4.78 is 46.4. The number of hydrogen-bond acceptors (Lipinski definition) is 4. The van der Waals surface area contributed by atoms with Crippen LogP contribution in [-0.2, 0) is 24.6 Å². The van der Waals surface area contributed by atoms with Gasteiger partial charge < -0.3 is 10.1 Å². The second-order valence-electron chi connectivity index (χ2n) is 6.56. The van der Waals surface area contributed by atoms with Gasteiger partial charge >= 0.3 is 11.9 Å². The van der Waals surface area contributed by atoms with Gasteiger partial charge in [-0.1, -0.05) is 23.7 Å². The molecule has 0 aliphatic heterocycles. The molecule has 1 N–H and O–H groups in total. The molecule has 0 bridgehead atoms. The van der Waals surface area contributed by atoms with Gasteiger partial charge in [-0.05, 0) is 36.4 Å². The summed E-state index contributed by atoms with van der Waals surface area (Å²) in [6.07, 6.45) is -4.50. The average Bonchev–Trinajstić information content (AvgIpc) is 3.01. The van der Waals surface area contributed by atoms with E-state index in [1.54, 1.807) is 24.3 Å². The second kappa shape index (κ2) is 9.25. The number of hydrogen-bond donors (Lipinski definition) is 1. The summed E-state index contributed by atoms with van der Waals surface area (Å²) in [6.45, 7) is -0.103. The maximum Gasteiger partial charge on any atom is 0.416 e. The van der Waals surface area contributed by atoms with Crippen LogP contribution in [0.15, 0.2) is 53.3 Å². The van der Waals surface area contributed by atoms with E-state index in [1.165, 1.54) is 19.2 Å². The van der Waals surface area contributed by atoms with Gasteiger partial charge in [-0.3, -0.25) is 9.36 Å². The lowest BCUT2D eigenvalue weighted by Gasteiger charge is -2.08. The Bertz CT molecular complexity index is 1120. The van der Waals surface area contributed by atoms with Crippen LogP contribution in [0.5, 0.6) is 5.75 Å². The molecule has 1 heterocycles. The smallest absolute Gasteiger partial charge is 0.416 e. The standard InChI is InChI=1S/C20H18ClF3N4O3/c1-27-18(13-3-2-4-14(11-13)20(22,23)24)26-28(19(27)30)10-9-25-17(29)12-31-16-7-5-15(21)6-8-16/h2-8,11H,9-10,12H2,1H3,(H,25,29). The van der Waals surface area contributed by atoms with Crippen LogP contribution in [0.25, 0.3) is 11.4 Å². The highest BCUT2D eigenvalue weighted by Crippen LogP contribution is 2.31. The van der Waals surface area contributed by atoms with E-state index in [-0.39, 0.29) is 31.1 Å². The Hall–Kier alpha value is -3.27. The molecule has 0 aliphatic carbocycles. The maximum absolute atomic E-state index is 12.9. The molecule has 1 amide bonds. The van der Waals surface area contributed by atoms with Crippen molar-refractivity contribution in [1.82, 2.24) is 19.7 Å². The molecule has 0 fully saturated rings. The van der Waals surface area contributed by atoms with Gasteiger partial charge in [-0.2, -0.15) is 13.2 Å². The number of nitrogens with one attached hydrogen (secondary N) is 1. The molecule has 0 atom stereocenters. The highest BCUT2D eigenvalue weighted by atomic mass is 35.5. The number of nitrogens with zero attached hydrogens (tertiary/aromatic N) is 3. The molecule has 0 saturated carbocycles. The van der Waals surface area contributed by atoms with E-state index in [2.05, 4.69) is 10.4 Å². The van der Waals surface area contributed by atoms with E-state index < -0.39 is 23.3 Å². The maximum atomic E-state index is 12.9. The molecule has 3 aromatic rings. The lowest BCUT2D eigenvalue weighted by Crippen LogP contribution is -2.34. The Labute approximate surface area is 180 Å². The minimum absolute atomic E-state index is 0.0400. The fraction of sp³-hybridized carbons (Fsp3) is 0.250. The molecule has 164 valence electrons. The minimum atomic E-state index is -4.50. The van der Waals surface area contributed by atoms with Crippen LogP contribution in [0.4, 0.5) is 13.2 Å². The molecule has 0 aliphatic rings. The summed E-state index contributed by atoms with van der Waals surface area (Å²) in [6, 6.07) is 11.1. The summed E-state index contributed by atoms with van der Waals surface area (Å²) >= 11 is 5.77. The number of carbonyl (C=O) groups excluding carboxylic acids is 1. The zero-order valence-corrected chi connectivity index (χ0v) is 17.1. The lowest BCUT2D eigenvalue weighted by molar-refractivity contribution is -0.137. The molecular weight excluding hydrogens is 437 g/mol. The Morgan fingerprint density at radius 3 is 2.58 bits per heavy atom. The third-order valence-electron chi connectivity index (χ3n) is 4.32. The molecule has 11 heteroatoms. The molecular formula is C20H18ClF3N4O3. The molecule has 0 saturated heterocycles. The molecule has 31 heavy (non-hydrogen) atoms. The van der Waals surface area contributed by atoms with Gasteiger partial charge in [0, 0.05) is 24.2 Å². The first kappa shape index (κ1) is 22.4. The Balaban J connectivity index is 1.60. The van der Waals surface area contributed by atoms with Crippen molar-refractivity contribution < 1.29 is 22.7 Å². The first-order valence-electron chi connectivity index (χ1n) is 9.11. The largest absolute Gasteiger partial charge is 0.484 e. The number of ether oxygens (including phenoxy) is 1. The topological polar surface area (TPSA) is 78.2 Å². The SMILES string of the molecule is Cn1c(-c2cccc(C(F)(F)F)c2)nn(CCNC(=O)COc2ccc(Cl)cc2)c1=O. The number of benzene rings is 2. The predicted octanol–water partition coefficient (Wildman–Crippen LogP) is 3.12. The van der Waals surface area contributed by atoms with Crippen molar-refractivity contribution in [3.05, 3.63) is 69.6 Å². The molecule has 0 radical (unpaired) electrons. The summed E-state index contributed by atoms with van der Waals surface area (Å²) in [5.41, 5.74) is -1.19. The monoisotopic (exact) mass is 454 g/mol. The quantitative estimate of drug-likeness (QED) is 0.595. The zero-order chi connectivity index (χ0) is 22.6. The third-order valence-corrected chi connectivity index (χ3v) is 4.57. The molecule has 3 rings (SSSR count). The van der Waals surface area contributed by atoms with Gasteiger partial charge in [-0.25, -0.2) is 9.48 Å². The number of carbonyl (C=O) groups is 1. The van der Waals surface area contributed by atoms with Crippen LogP contribution < -0.4 is 15.7 Å². The van der Waals surface area contributed by atoms with Gasteiger partial charge in [0.25, 0.3) is 5.91 Å². The number of aromatic nitrogens is 3. The van der Waals surface area contributed by atoms with Gasteiger partial charge in [0.1, 0.15) is 5.75 Å². The summed E-state index contributed by atoms with van der Waals surface area (Å²) in [4.78, 5) is 24.3. The third kappa shape index (κ3) is 5.66. The summed E-state index contributed by atoms with van der Waals surface area (Å²) in [5.74, 6) is 0.164. The van der Waals surface area contributed by atoms with Gasteiger partial charge in [0.2, 0.25) is 0 Å². The van der Waals surface area contributed by atoms with Crippen molar-refractivity contribution in [2.24, 2.45) is 7.05 Å². The van der Waals surface area contributed by atoms with Crippen LogP contribution in [0.2, 0.25) is 5.02 Å². The Kier molecular flexibility index (Phi) is 6.69. The van der Waals surface area contributed by atoms with Crippen molar-refractivity contribution in [3.63, 3.8) is 0 Å². The van der Waals surface area contributed by atoms with Gasteiger partial charge in [0.05, 0.1) is 12.1 Å². The van der Waals surface area contributed by atoms with E-state index in [4.69, 9.17) is 16.3 Å². The Morgan fingerprint density at radius 2 is 1.90 bits per heavy atom. The van der Waals surface area contributed by atoms with Crippen LogP contribution in [0.1, 0.15) is 5.56 Å². The fourth-order valence-corrected chi connectivity index (χ4v) is 2.88. The number of alkyl halides is 3. The molecule has 0 unspecified atom stereocenters. The highest BCUT2D eigenvalue weighted by molar-refractivity contribution is 6.30. The first-order valence-corrected chi connectivity index (χ1v) is 9.49. The minimum Gasteiger partial charge on any atom is -0.484 e. The predicted molar refractivity (Wildman–Crippen MR) is 108 cm³/mol. The van der Waals surface area contributed by atoms with Crippen LogP contribution in [-0.4, -0.2) is 33.4 Å². The average molecular weight is 455 g/mol. The van der Waals surface area contributed by atoms with Crippen molar-refractivity contribution >= 4 is 17.5 Å². The van der Waals surface area contributed by atoms with E-state index in [9.17, 15) is 22.8 Å². The van der Waals surface area contributed by atoms with E-state index in [1.807, 2.05) is 0 Å². The molecule has 0 spiro atoms. The summed E-state index contributed by atoms with van der Waals surface area (Å²) in [5, 5.41) is 7.24. The number of amides is 1. The second-order valence-corrected chi connectivity index (χ2v) is 7.00. The van der Waals surface area contributed by atoms with E-state index >= 15 is 0 Å². The number of halogens is 4. The summed E-state index contributed by atoms with van der Waals surface area (Å²) in [7, 11) is 1.42. The highest BCUT2D eigenvalue weighted by Gasteiger charge is 2.30. The molecule has 1 aromatic heterocycles. The normalized spacial score (nSPS) is 11.4. The van der Waals surface area contributed by atoms with Crippen molar-refractivity contribution in [1.29, 1.82) is 0 Å². The van der Waals surface area contributed by atoms with Gasteiger partial charge in [0.15, 0.2) is 12.4 Å². The van der Waals surface area contributed by atoms with E-state index in [0.717, 1.165) is 21.4 Å². The first-order chi connectivity index (χ1) is 14.6. The van der Waals surface area contributed by atoms with E-state index in [0.29, 0.717) is 10.8 Å². The van der Waals surface area contributed by atoms with Crippen LogP contribution >= 0.6 is 11.6 Å². The zero-order valence-electron chi connectivity index (χ0n) is 16.3. The Morgan fingerprint density at radius 1 is 1.19 bits per heavy atom. The van der Waals surface area contributed by atoms with Crippen molar-refractivity contribution in [2.45, 2.75) is 12.7 Å². The van der Waals surface area contributed by atoms with Crippen molar-refractivity contribution in [3.8, 4) is 17.1 Å². The molecule has 2 aromatic carbocycles. The van der Waals surface area contributed by atoms with Gasteiger partial charge in [-0.15, -0.1) is 5.10 Å². The lowest BCUT2D eigenvalue weighted by atomic mass is 10.1. The molecule has 7 nitrogen and oxygen atoms in total.